The predicted molar refractivity (Wildman–Crippen MR) is 196 cm³/mol. The van der Waals surface area contributed by atoms with Gasteiger partial charge in [-0.1, -0.05) is 119 Å². The number of nitrogens with zero attached hydrogens (tertiary/aromatic N) is 3. The van der Waals surface area contributed by atoms with Gasteiger partial charge in [0.25, 0.3) is 0 Å². The number of hydrogen-bond acceptors (Lipinski definition) is 5. The van der Waals surface area contributed by atoms with Crippen LogP contribution in [0.15, 0.2) is 34.5 Å². The summed E-state index contributed by atoms with van der Waals surface area (Å²) in [6, 6.07) is 9.05. The quantitative estimate of drug-likeness (QED) is 0.0770. The largest absolute Gasteiger partial charge is 0.492 e. The predicted octanol–water partition coefficient (Wildman–Crippen LogP) is 13.8. The molecule has 2 atom stereocenters. The molecule has 2 unspecified atom stereocenters. The Morgan fingerprint density at radius 1 is 0.727 bits per heavy atom. The van der Waals surface area contributed by atoms with Crippen LogP contribution in [0.3, 0.4) is 0 Å². The van der Waals surface area contributed by atoms with Crippen LogP contribution in [0, 0.1) is 18.8 Å². The van der Waals surface area contributed by atoms with Crippen molar-refractivity contribution < 1.29 is 4.74 Å². The molecule has 44 heavy (non-hydrogen) atoms. The summed E-state index contributed by atoms with van der Waals surface area (Å²) < 4.78 is 6.27. The van der Waals surface area contributed by atoms with Crippen molar-refractivity contribution in [1.82, 2.24) is 0 Å². The average Bonchev–Trinajstić information content (AvgIpc) is 3.40. The van der Waals surface area contributed by atoms with Gasteiger partial charge in [-0.2, -0.15) is 0 Å². The molecule has 5 heteroatoms. The molecule has 2 rings (SSSR count). The number of azo groups is 1. The Balaban J connectivity index is 2.21. The maximum absolute atomic E-state index is 6.27. The van der Waals surface area contributed by atoms with Crippen molar-refractivity contribution in [2.45, 2.75) is 158 Å². The van der Waals surface area contributed by atoms with Gasteiger partial charge in [0.15, 0.2) is 0 Å². The minimum Gasteiger partial charge on any atom is -0.492 e. The zero-order valence-corrected chi connectivity index (χ0v) is 30.6. The molecule has 0 fully saturated rings. The maximum atomic E-state index is 6.27. The molecule has 1 aromatic carbocycles. The Bertz CT molecular complexity index is 1030. The number of unbranched alkanes of at least 4 members (excludes halogenated alkanes) is 8. The van der Waals surface area contributed by atoms with E-state index in [-0.39, 0.29) is 0 Å². The third-order valence-electron chi connectivity index (χ3n) is 9.16. The van der Waals surface area contributed by atoms with Crippen molar-refractivity contribution in [2.24, 2.45) is 22.1 Å². The Hall–Kier alpha value is -1.88. The first-order chi connectivity index (χ1) is 21.5. The van der Waals surface area contributed by atoms with Crippen LogP contribution in [0.25, 0.3) is 0 Å². The molecule has 1 heterocycles. The van der Waals surface area contributed by atoms with E-state index in [1.807, 2.05) is 0 Å². The van der Waals surface area contributed by atoms with Crippen molar-refractivity contribution in [3.63, 3.8) is 0 Å². The molecule has 1 aromatic heterocycles. The zero-order valence-electron chi connectivity index (χ0n) is 29.8. The molecule has 0 aliphatic rings. The van der Waals surface area contributed by atoms with Crippen LogP contribution < -0.4 is 9.64 Å². The zero-order chi connectivity index (χ0) is 32.0. The Morgan fingerprint density at radius 3 is 2.07 bits per heavy atom. The van der Waals surface area contributed by atoms with Crippen LogP contribution in [0.2, 0.25) is 0 Å². The molecular formula is C39H67N3OS. The fraction of sp³-hybridized carbons (Fsp3) is 0.744. The van der Waals surface area contributed by atoms with E-state index in [1.54, 1.807) is 11.3 Å². The second-order valence-electron chi connectivity index (χ2n) is 13.0. The van der Waals surface area contributed by atoms with E-state index >= 15 is 0 Å². The first kappa shape index (κ1) is 38.3. The Labute approximate surface area is 276 Å². The van der Waals surface area contributed by atoms with Crippen LogP contribution >= 0.6 is 11.3 Å². The van der Waals surface area contributed by atoms with Crippen LogP contribution in [-0.2, 0) is 6.42 Å². The summed E-state index contributed by atoms with van der Waals surface area (Å²) in [5.41, 5.74) is 3.71. The number of rotatable bonds is 26. The number of anilines is 1. The molecule has 0 bridgehead atoms. The number of benzene rings is 1. The van der Waals surface area contributed by atoms with Gasteiger partial charge in [0, 0.05) is 29.7 Å². The highest BCUT2D eigenvalue weighted by molar-refractivity contribution is 7.16. The van der Waals surface area contributed by atoms with E-state index in [0.29, 0.717) is 5.92 Å². The van der Waals surface area contributed by atoms with E-state index < -0.39 is 0 Å². The fourth-order valence-corrected chi connectivity index (χ4v) is 6.70. The highest BCUT2D eigenvalue weighted by atomic mass is 32.1. The van der Waals surface area contributed by atoms with Crippen molar-refractivity contribution in [1.29, 1.82) is 0 Å². The number of thiophene rings is 1. The van der Waals surface area contributed by atoms with E-state index in [1.165, 1.54) is 119 Å². The molecule has 0 saturated heterocycles. The summed E-state index contributed by atoms with van der Waals surface area (Å²) in [5, 5.41) is 10.5. The first-order valence-electron chi connectivity index (χ1n) is 18.5. The second-order valence-corrected chi connectivity index (χ2v) is 14.2. The summed E-state index contributed by atoms with van der Waals surface area (Å²) >= 11 is 1.68. The van der Waals surface area contributed by atoms with Gasteiger partial charge in [0.1, 0.15) is 10.8 Å². The molecular weight excluding hydrogens is 559 g/mol. The molecule has 0 saturated carbocycles. The third kappa shape index (κ3) is 14.5. The van der Waals surface area contributed by atoms with Gasteiger partial charge < -0.3 is 9.64 Å². The minimum atomic E-state index is 0.624. The maximum Gasteiger partial charge on any atom is 0.142 e. The average molecular weight is 626 g/mol. The summed E-state index contributed by atoms with van der Waals surface area (Å²) in [6.07, 6.45) is 21.6. The normalized spacial score (nSPS) is 13.1. The van der Waals surface area contributed by atoms with E-state index in [4.69, 9.17) is 15.0 Å². The van der Waals surface area contributed by atoms with Crippen LogP contribution in [0.4, 0.5) is 16.4 Å². The Kier molecular flexibility index (Phi) is 20.4. The number of aryl methyl sites for hydroxylation is 2. The van der Waals surface area contributed by atoms with Crippen molar-refractivity contribution >= 4 is 27.7 Å². The lowest BCUT2D eigenvalue weighted by Gasteiger charge is -2.30. The highest BCUT2D eigenvalue weighted by Gasteiger charge is 2.16. The number of hydrogen-bond donors (Lipinski definition) is 0. The van der Waals surface area contributed by atoms with Crippen molar-refractivity contribution in [2.75, 3.05) is 24.6 Å². The number of ether oxygens (including phenoxy) is 1. The van der Waals surface area contributed by atoms with Gasteiger partial charge in [0.05, 0.1) is 12.3 Å². The lowest BCUT2D eigenvalue weighted by Crippen LogP contribution is -2.30. The summed E-state index contributed by atoms with van der Waals surface area (Å²) in [4.78, 5) is 3.88. The standard InChI is InChI=1S/C39H67N3OS/c1-8-14-18-19-20-21-27-42(30-33(12-5)22-15-9-2)36-25-26-37(35(28-36)24-17-11-4)40-41-39-29-38(32(7)44-39)43-31-34(13-6)23-16-10-3/h25-26,28-29,33-34H,8-24,27,30-31H2,1-7H3. The lowest BCUT2D eigenvalue weighted by molar-refractivity contribution is 0.233. The lowest BCUT2D eigenvalue weighted by atomic mass is 9.97. The molecule has 0 radical (unpaired) electrons. The summed E-state index contributed by atoms with van der Waals surface area (Å²) in [7, 11) is 0. The van der Waals surface area contributed by atoms with Crippen LogP contribution in [0.1, 0.15) is 155 Å². The fourth-order valence-electron chi connectivity index (χ4n) is 5.92. The molecule has 0 aliphatic carbocycles. The summed E-state index contributed by atoms with van der Waals surface area (Å²) in [5.74, 6) is 2.35. The first-order valence-corrected chi connectivity index (χ1v) is 19.3. The smallest absolute Gasteiger partial charge is 0.142 e. The van der Waals surface area contributed by atoms with Crippen LogP contribution in [0.5, 0.6) is 5.75 Å². The van der Waals surface area contributed by atoms with Crippen molar-refractivity contribution in [3.8, 4) is 5.75 Å². The minimum absolute atomic E-state index is 0.624. The Morgan fingerprint density at radius 2 is 1.39 bits per heavy atom. The molecule has 0 amide bonds. The highest BCUT2D eigenvalue weighted by Crippen LogP contribution is 2.37. The van der Waals surface area contributed by atoms with Gasteiger partial charge in [-0.15, -0.1) is 21.6 Å². The molecule has 0 spiro atoms. The second kappa shape index (κ2) is 23.5. The van der Waals surface area contributed by atoms with Gasteiger partial charge in [0.2, 0.25) is 0 Å². The molecule has 250 valence electrons. The van der Waals surface area contributed by atoms with Gasteiger partial charge >= 0.3 is 0 Å². The van der Waals surface area contributed by atoms with Gasteiger partial charge in [-0.3, -0.25) is 0 Å². The van der Waals surface area contributed by atoms with E-state index in [2.05, 4.69) is 77.6 Å². The van der Waals surface area contributed by atoms with E-state index in [0.717, 1.165) is 48.5 Å². The van der Waals surface area contributed by atoms with Gasteiger partial charge in [-0.05, 0) is 74.6 Å². The van der Waals surface area contributed by atoms with Crippen molar-refractivity contribution in [3.05, 3.63) is 34.7 Å². The van der Waals surface area contributed by atoms with E-state index in [9.17, 15) is 0 Å². The van der Waals surface area contributed by atoms with Crippen LogP contribution in [-0.4, -0.2) is 19.7 Å². The topological polar surface area (TPSA) is 37.2 Å². The SMILES string of the molecule is CCCCCCCCN(CC(CC)CCCC)c1ccc(N=Nc2cc(OCC(CC)CCCC)c(C)s2)c(CCCC)c1. The molecule has 4 nitrogen and oxygen atoms in total. The van der Waals surface area contributed by atoms with Gasteiger partial charge in [-0.25, -0.2) is 0 Å². The molecule has 0 aliphatic heterocycles. The summed E-state index contributed by atoms with van der Waals surface area (Å²) in [6.45, 7) is 19.0. The molecule has 0 N–H and O–H groups in total. The monoisotopic (exact) mass is 626 g/mol. The molecule has 2 aromatic rings. The third-order valence-corrected chi connectivity index (χ3v) is 10.1.